The molecule has 1 aromatic heterocycles. The van der Waals surface area contributed by atoms with E-state index in [1.54, 1.807) is 6.92 Å². The second-order valence-electron chi connectivity index (χ2n) is 5.49. The Morgan fingerprint density at radius 2 is 2.05 bits per heavy atom. The lowest BCUT2D eigenvalue weighted by atomic mass is 10.0. The van der Waals surface area contributed by atoms with Crippen molar-refractivity contribution in [3.63, 3.8) is 0 Å². The first-order valence-corrected chi connectivity index (χ1v) is 7.35. The first-order valence-electron chi connectivity index (χ1n) is 7.35. The van der Waals surface area contributed by atoms with Crippen LogP contribution in [0.5, 0.6) is 0 Å². The Morgan fingerprint density at radius 1 is 1.29 bits per heavy atom. The SMILES string of the molecule is CCNc1nc(N2CCCC(C)CC2)cc(C(F)(F)F)n1. The molecule has 1 fully saturated rings. The number of hydrogen-bond acceptors (Lipinski definition) is 4. The summed E-state index contributed by atoms with van der Waals surface area (Å²) in [5.41, 5.74) is -0.888. The number of nitrogens with zero attached hydrogens (tertiary/aromatic N) is 3. The largest absolute Gasteiger partial charge is 0.433 e. The number of rotatable bonds is 3. The van der Waals surface area contributed by atoms with E-state index in [-0.39, 0.29) is 5.95 Å². The fraction of sp³-hybridized carbons (Fsp3) is 0.714. The van der Waals surface area contributed by atoms with Gasteiger partial charge in [0, 0.05) is 25.7 Å². The van der Waals surface area contributed by atoms with E-state index in [0.29, 0.717) is 18.3 Å². The van der Waals surface area contributed by atoms with Crippen LogP contribution in [-0.2, 0) is 6.18 Å². The molecule has 0 bridgehead atoms. The molecule has 0 spiro atoms. The van der Waals surface area contributed by atoms with Gasteiger partial charge in [0.15, 0.2) is 5.69 Å². The van der Waals surface area contributed by atoms with Crippen molar-refractivity contribution in [2.45, 2.75) is 39.3 Å². The maximum Gasteiger partial charge on any atom is 0.433 e. The van der Waals surface area contributed by atoms with Crippen molar-refractivity contribution in [1.82, 2.24) is 9.97 Å². The summed E-state index contributed by atoms with van der Waals surface area (Å²) < 4.78 is 38.9. The summed E-state index contributed by atoms with van der Waals surface area (Å²) in [6.45, 7) is 5.94. The van der Waals surface area contributed by atoms with Gasteiger partial charge in [0.2, 0.25) is 5.95 Å². The quantitative estimate of drug-likeness (QED) is 0.927. The van der Waals surface area contributed by atoms with Crippen LogP contribution < -0.4 is 10.2 Å². The molecule has 2 heterocycles. The monoisotopic (exact) mass is 302 g/mol. The van der Waals surface area contributed by atoms with Gasteiger partial charge in [-0.25, -0.2) is 4.98 Å². The maximum atomic E-state index is 13.0. The summed E-state index contributed by atoms with van der Waals surface area (Å²) in [6.07, 6.45) is -1.40. The molecule has 1 saturated heterocycles. The summed E-state index contributed by atoms with van der Waals surface area (Å²) in [4.78, 5) is 9.72. The van der Waals surface area contributed by atoms with Crippen molar-refractivity contribution >= 4 is 11.8 Å². The van der Waals surface area contributed by atoms with E-state index in [2.05, 4.69) is 22.2 Å². The van der Waals surface area contributed by atoms with Crippen molar-refractivity contribution in [2.75, 3.05) is 29.9 Å². The van der Waals surface area contributed by atoms with Crippen LogP contribution in [0.3, 0.4) is 0 Å². The molecule has 4 nitrogen and oxygen atoms in total. The summed E-state index contributed by atoms with van der Waals surface area (Å²) in [7, 11) is 0. The zero-order valence-electron chi connectivity index (χ0n) is 12.4. The lowest BCUT2D eigenvalue weighted by Crippen LogP contribution is -2.26. The Morgan fingerprint density at radius 3 is 2.71 bits per heavy atom. The van der Waals surface area contributed by atoms with Crippen LogP contribution in [-0.4, -0.2) is 29.6 Å². The fourth-order valence-corrected chi connectivity index (χ4v) is 2.47. The molecular formula is C14H21F3N4. The second kappa shape index (κ2) is 6.49. The number of nitrogens with one attached hydrogen (secondary N) is 1. The molecule has 0 amide bonds. The molecule has 1 N–H and O–H groups in total. The van der Waals surface area contributed by atoms with E-state index in [1.165, 1.54) is 0 Å². The highest BCUT2D eigenvalue weighted by molar-refractivity contribution is 5.45. The van der Waals surface area contributed by atoms with Gasteiger partial charge in [-0.15, -0.1) is 0 Å². The fourth-order valence-electron chi connectivity index (χ4n) is 2.47. The first kappa shape index (κ1) is 15.9. The minimum atomic E-state index is -4.46. The highest BCUT2D eigenvalue weighted by atomic mass is 19.4. The second-order valence-corrected chi connectivity index (χ2v) is 5.49. The molecule has 1 aliphatic heterocycles. The molecular weight excluding hydrogens is 281 g/mol. The molecule has 118 valence electrons. The smallest absolute Gasteiger partial charge is 0.356 e. The van der Waals surface area contributed by atoms with Crippen LogP contribution >= 0.6 is 0 Å². The summed E-state index contributed by atoms with van der Waals surface area (Å²) >= 11 is 0. The van der Waals surface area contributed by atoms with Crippen LogP contribution in [0.4, 0.5) is 24.9 Å². The first-order chi connectivity index (χ1) is 9.90. The van der Waals surface area contributed by atoms with Crippen LogP contribution in [0.15, 0.2) is 6.07 Å². The number of anilines is 2. The van der Waals surface area contributed by atoms with Crippen LogP contribution in [0.2, 0.25) is 0 Å². The topological polar surface area (TPSA) is 41.1 Å². The normalized spacial score (nSPS) is 20.2. The van der Waals surface area contributed by atoms with E-state index in [0.717, 1.165) is 38.4 Å². The molecule has 1 atom stereocenters. The predicted molar refractivity (Wildman–Crippen MR) is 76.4 cm³/mol. The molecule has 0 aromatic carbocycles. The summed E-state index contributed by atoms with van der Waals surface area (Å²) in [5.74, 6) is 1.01. The van der Waals surface area contributed by atoms with Gasteiger partial charge < -0.3 is 10.2 Å². The van der Waals surface area contributed by atoms with Gasteiger partial charge in [0.1, 0.15) is 5.82 Å². The van der Waals surface area contributed by atoms with Gasteiger partial charge in [-0.2, -0.15) is 18.2 Å². The lowest BCUT2D eigenvalue weighted by molar-refractivity contribution is -0.141. The third-order valence-corrected chi connectivity index (χ3v) is 3.68. The molecule has 0 radical (unpaired) electrons. The Hall–Kier alpha value is -1.53. The van der Waals surface area contributed by atoms with Crippen molar-refractivity contribution in [3.05, 3.63) is 11.8 Å². The van der Waals surface area contributed by atoms with Gasteiger partial charge in [0.05, 0.1) is 0 Å². The van der Waals surface area contributed by atoms with E-state index in [9.17, 15) is 13.2 Å². The lowest BCUT2D eigenvalue weighted by Gasteiger charge is -2.23. The number of aromatic nitrogens is 2. The molecule has 1 aliphatic rings. The van der Waals surface area contributed by atoms with Gasteiger partial charge in [-0.1, -0.05) is 6.92 Å². The molecule has 7 heteroatoms. The van der Waals surface area contributed by atoms with Crippen molar-refractivity contribution in [1.29, 1.82) is 0 Å². The molecule has 1 aromatic rings. The highest BCUT2D eigenvalue weighted by Crippen LogP contribution is 2.31. The van der Waals surface area contributed by atoms with Crippen molar-refractivity contribution in [3.8, 4) is 0 Å². The van der Waals surface area contributed by atoms with Crippen LogP contribution in [0.1, 0.15) is 38.8 Å². The summed E-state index contributed by atoms with van der Waals surface area (Å²) in [5, 5.41) is 2.78. The highest BCUT2D eigenvalue weighted by Gasteiger charge is 2.34. The van der Waals surface area contributed by atoms with Gasteiger partial charge in [-0.3, -0.25) is 0 Å². The summed E-state index contributed by atoms with van der Waals surface area (Å²) in [6, 6.07) is 1.05. The Bertz CT molecular complexity index is 476. The number of halogens is 3. The minimum Gasteiger partial charge on any atom is -0.356 e. The van der Waals surface area contributed by atoms with Gasteiger partial charge >= 0.3 is 6.18 Å². The van der Waals surface area contributed by atoms with E-state index >= 15 is 0 Å². The zero-order valence-corrected chi connectivity index (χ0v) is 12.4. The average molecular weight is 302 g/mol. The molecule has 0 saturated carbocycles. The maximum absolute atomic E-state index is 13.0. The van der Waals surface area contributed by atoms with Crippen LogP contribution in [0, 0.1) is 5.92 Å². The van der Waals surface area contributed by atoms with Gasteiger partial charge in [-0.05, 0) is 32.1 Å². The standard InChI is InChI=1S/C14H21F3N4/c1-3-18-13-19-11(14(15,16)17)9-12(20-13)21-7-4-5-10(2)6-8-21/h9-10H,3-8H2,1-2H3,(H,18,19,20). The molecule has 21 heavy (non-hydrogen) atoms. The van der Waals surface area contributed by atoms with Crippen molar-refractivity contribution < 1.29 is 13.2 Å². The zero-order chi connectivity index (χ0) is 15.5. The average Bonchev–Trinajstić information content (AvgIpc) is 2.63. The third-order valence-electron chi connectivity index (χ3n) is 3.68. The number of hydrogen-bond donors (Lipinski definition) is 1. The molecule has 2 rings (SSSR count). The molecule has 0 aliphatic carbocycles. The van der Waals surface area contributed by atoms with Crippen molar-refractivity contribution in [2.24, 2.45) is 5.92 Å². The Labute approximate surface area is 122 Å². The van der Waals surface area contributed by atoms with E-state index in [1.807, 2.05) is 4.90 Å². The predicted octanol–water partition coefficient (Wildman–Crippen LogP) is 3.55. The Kier molecular flexibility index (Phi) is 4.90. The molecule has 1 unspecified atom stereocenters. The van der Waals surface area contributed by atoms with E-state index in [4.69, 9.17) is 0 Å². The minimum absolute atomic E-state index is 0.0413. The van der Waals surface area contributed by atoms with E-state index < -0.39 is 11.9 Å². The third kappa shape index (κ3) is 4.22. The Balaban J connectivity index is 2.30. The van der Waals surface area contributed by atoms with Crippen LogP contribution in [0.25, 0.3) is 0 Å². The van der Waals surface area contributed by atoms with Gasteiger partial charge in [0.25, 0.3) is 0 Å². The number of alkyl halides is 3.